The molecule has 0 aliphatic rings. The Bertz CT molecular complexity index is 1160. The van der Waals surface area contributed by atoms with Crippen molar-refractivity contribution in [3.05, 3.63) is 94.0 Å². The largest absolute Gasteiger partial charge is 0.463 e. The van der Waals surface area contributed by atoms with Crippen molar-refractivity contribution >= 4 is 29.1 Å². The highest BCUT2D eigenvalue weighted by Gasteiger charge is 2.19. The molecule has 0 aliphatic carbocycles. The van der Waals surface area contributed by atoms with E-state index in [2.05, 4.69) is 10.4 Å². The van der Waals surface area contributed by atoms with Gasteiger partial charge in [-0.1, -0.05) is 35.3 Å². The minimum atomic E-state index is -0.356. The van der Waals surface area contributed by atoms with Crippen molar-refractivity contribution in [2.75, 3.05) is 0 Å². The number of halogens is 3. The summed E-state index contributed by atoms with van der Waals surface area (Å²) in [5.41, 5.74) is 2.13. The minimum Gasteiger partial charge on any atom is -0.463 e. The van der Waals surface area contributed by atoms with Crippen LogP contribution in [0.5, 0.6) is 0 Å². The Morgan fingerprint density at radius 1 is 1.07 bits per heavy atom. The van der Waals surface area contributed by atoms with Gasteiger partial charge in [-0.2, -0.15) is 5.10 Å². The van der Waals surface area contributed by atoms with Crippen LogP contribution in [0.4, 0.5) is 4.39 Å². The number of carbonyl (C=O) groups excluding carboxylic acids is 1. The normalized spacial score (nSPS) is 10.9. The first-order chi connectivity index (χ1) is 14.0. The van der Waals surface area contributed by atoms with Crippen molar-refractivity contribution in [2.24, 2.45) is 0 Å². The number of benzene rings is 2. The first-order valence-electron chi connectivity index (χ1n) is 8.63. The molecular weight excluding hydrogens is 416 g/mol. The molecule has 0 bridgehead atoms. The van der Waals surface area contributed by atoms with E-state index in [1.165, 1.54) is 23.1 Å². The van der Waals surface area contributed by atoms with E-state index in [0.29, 0.717) is 27.2 Å². The van der Waals surface area contributed by atoms with E-state index in [1.807, 2.05) is 0 Å². The lowest BCUT2D eigenvalue weighted by Crippen LogP contribution is -2.25. The van der Waals surface area contributed by atoms with Crippen LogP contribution in [0.2, 0.25) is 10.0 Å². The standard InChI is InChI=1S/C21H14Cl2FN3O2/c22-16-8-7-15(10-17(16)23)27-19(11-18(26-27)20-2-1-9-29-20)21(28)25-12-13-3-5-14(24)6-4-13/h1-11H,12H2,(H,25,28). The first-order valence-corrected chi connectivity index (χ1v) is 9.39. The molecule has 0 atom stereocenters. The predicted octanol–water partition coefficient (Wildman–Crippen LogP) is 5.51. The van der Waals surface area contributed by atoms with E-state index in [4.69, 9.17) is 27.6 Å². The summed E-state index contributed by atoms with van der Waals surface area (Å²) in [6, 6.07) is 16.0. The average Bonchev–Trinajstić information content (AvgIpc) is 3.39. The van der Waals surface area contributed by atoms with Gasteiger partial charge in [0.2, 0.25) is 0 Å². The number of amides is 1. The van der Waals surface area contributed by atoms with E-state index in [1.54, 1.807) is 48.5 Å². The van der Waals surface area contributed by atoms with E-state index >= 15 is 0 Å². The highest BCUT2D eigenvalue weighted by atomic mass is 35.5. The number of furan rings is 1. The zero-order valence-corrected chi connectivity index (χ0v) is 16.4. The molecule has 0 radical (unpaired) electrons. The van der Waals surface area contributed by atoms with Crippen molar-refractivity contribution in [1.29, 1.82) is 0 Å². The smallest absolute Gasteiger partial charge is 0.270 e. The van der Waals surface area contributed by atoms with Crippen LogP contribution < -0.4 is 5.32 Å². The molecule has 0 unspecified atom stereocenters. The lowest BCUT2D eigenvalue weighted by atomic mass is 10.2. The lowest BCUT2D eigenvalue weighted by Gasteiger charge is -2.09. The summed E-state index contributed by atoms with van der Waals surface area (Å²) in [6.45, 7) is 0.238. The van der Waals surface area contributed by atoms with Gasteiger partial charge in [-0.15, -0.1) is 0 Å². The molecule has 1 N–H and O–H groups in total. The second kappa shape index (κ2) is 8.11. The van der Waals surface area contributed by atoms with Crippen LogP contribution in [0, 0.1) is 5.82 Å². The van der Waals surface area contributed by atoms with Gasteiger partial charge in [0, 0.05) is 12.6 Å². The van der Waals surface area contributed by atoms with Crippen LogP contribution >= 0.6 is 23.2 Å². The average molecular weight is 430 g/mol. The minimum absolute atomic E-state index is 0.238. The van der Waals surface area contributed by atoms with Gasteiger partial charge in [0.25, 0.3) is 5.91 Å². The van der Waals surface area contributed by atoms with E-state index in [0.717, 1.165) is 5.56 Å². The summed E-state index contributed by atoms with van der Waals surface area (Å²) in [6.07, 6.45) is 1.53. The molecule has 4 aromatic rings. The topological polar surface area (TPSA) is 60.1 Å². The maximum atomic E-state index is 13.1. The van der Waals surface area contributed by atoms with Crippen molar-refractivity contribution in [1.82, 2.24) is 15.1 Å². The second-order valence-corrected chi connectivity index (χ2v) is 7.03. The van der Waals surface area contributed by atoms with Gasteiger partial charge < -0.3 is 9.73 Å². The molecule has 2 aromatic heterocycles. The van der Waals surface area contributed by atoms with Gasteiger partial charge in [-0.05, 0) is 48.0 Å². The molecule has 146 valence electrons. The fourth-order valence-electron chi connectivity index (χ4n) is 2.78. The molecule has 0 fully saturated rings. The maximum absolute atomic E-state index is 13.1. The third-order valence-electron chi connectivity index (χ3n) is 4.23. The van der Waals surface area contributed by atoms with Gasteiger partial charge in [0.1, 0.15) is 17.2 Å². The lowest BCUT2D eigenvalue weighted by molar-refractivity contribution is 0.0943. The highest BCUT2D eigenvalue weighted by Crippen LogP contribution is 2.27. The van der Waals surface area contributed by atoms with Crippen molar-refractivity contribution in [3.63, 3.8) is 0 Å². The molecule has 8 heteroatoms. The van der Waals surface area contributed by atoms with Gasteiger partial charge in [0.05, 0.1) is 22.0 Å². The van der Waals surface area contributed by atoms with Crippen LogP contribution in [-0.2, 0) is 6.54 Å². The van der Waals surface area contributed by atoms with Crippen LogP contribution in [0.1, 0.15) is 16.1 Å². The molecule has 0 aliphatic heterocycles. The molecule has 29 heavy (non-hydrogen) atoms. The van der Waals surface area contributed by atoms with Crippen LogP contribution in [-0.4, -0.2) is 15.7 Å². The fourth-order valence-corrected chi connectivity index (χ4v) is 3.07. The number of hydrogen-bond acceptors (Lipinski definition) is 3. The van der Waals surface area contributed by atoms with Crippen LogP contribution in [0.25, 0.3) is 17.1 Å². The Hall–Kier alpha value is -3.09. The highest BCUT2D eigenvalue weighted by molar-refractivity contribution is 6.42. The van der Waals surface area contributed by atoms with E-state index in [-0.39, 0.29) is 24.0 Å². The molecule has 0 saturated heterocycles. The zero-order valence-electron chi connectivity index (χ0n) is 14.9. The number of hydrogen-bond donors (Lipinski definition) is 1. The zero-order chi connectivity index (χ0) is 20.4. The van der Waals surface area contributed by atoms with Crippen molar-refractivity contribution in [2.45, 2.75) is 6.54 Å². The Kier molecular flexibility index (Phi) is 5.38. The molecule has 2 aromatic carbocycles. The number of nitrogens with one attached hydrogen (secondary N) is 1. The number of rotatable bonds is 5. The monoisotopic (exact) mass is 429 g/mol. The van der Waals surface area contributed by atoms with Crippen LogP contribution in [0.15, 0.2) is 71.3 Å². The Morgan fingerprint density at radius 3 is 2.55 bits per heavy atom. The number of carbonyl (C=O) groups is 1. The molecule has 0 saturated carbocycles. The first kappa shape index (κ1) is 19.2. The van der Waals surface area contributed by atoms with Gasteiger partial charge in [-0.3, -0.25) is 4.79 Å². The van der Waals surface area contributed by atoms with Gasteiger partial charge in [0.15, 0.2) is 5.76 Å². The van der Waals surface area contributed by atoms with Crippen LogP contribution in [0.3, 0.4) is 0 Å². The number of nitrogens with zero attached hydrogens (tertiary/aromatic N) is 2. The predicted molar refractivity (Wildman–Crippen MR) is 109 cm³/mol. The Balaban J connectivity index is 1.67. The quantitative estimate of drug-likeness (QED) is 0.454. The summed E-state index contributed by atoms with van der Waals surface area (Å²) in [7, 11) is 0. The van der Waals surface area contributed by atoms with Crippen molar-refractivity contribution in [3.8, 4) is 17.1 Å². The number of aromatic nitrogens is 2. The third kappa shape index (κ3) is 4.18. The van der Waals surface area contributed by atoms with Crippen molar-refractivity contribution < 1.29 is 13.6 Å². The summed E-state index contributed by atoms with van der Waals surface area (Å²) in [5, 5.41) is 8.05. The Labute approximate surface area is 175 Å². The van der Waals surface area contributed by atoms with Gasteiger partial charge in [-0.25, -0.2) is 9.07 Å². The SMILES string of the molecule is O=C(NCc1ccc(F)cc1)c1cc(-c2ccco2)nn1-c1ccc(Cl)c(Cl)c1. The fraction of sp³-hybridized carbons (Fsp3) is 0.0476. The molecule has 2 heterocycles. The Morgan fingerprint density at radius 2 is 1.86 bits per heavy atom. The summed E-state index contributed by atoms with van der Waals surface area (Å²) in [5.74, 6) is -0.164. The molecule has 4 rings (SSSR count). The third-order valence-corrected chi connectivity index (χ3v) is 4.97. The molecular formula is C21H14Cl2FN3O2. The summed E-state index contributed by atoms with van der Waals surface area (Å²) < 4.78 is 19.9. The molecule has 0 spiro atoms. The molecule has 1 amide bonds. The summed E-state index contributed by atoms with van der Waals surface area (Å²) in [4.78, 5) is 12.9. The second-order valence-electron chi connectivity index (χ2n) is 6.21. The van der Waals surface area contributed by atoms with E-state index in [9.17, 15) is 9.18 Å². The molecule has 5 nitrogen and oxygen atoms in total. The summed E-state index contributed by atoms with van der Waals surface area (Å²) >= 11 is 12.1. The maximum Gasteiger partial charge on any atom is 0.270 e. The van der Waals surface area contributed by atoms with Gasteiger partial charge >= 0.3 is 0 Å². The van der Waals surface area contributed by atoms with E-state index < -0.39 is 0 Å².